The van der Waals surface area contributed by atoms with Crippen LogP contribution in [0.25, 0.3) is 0 Å². The van der Waals surface area contributed by atoms with Gasteiger partial charge in [-0.2, -0.15) is 0 Å². The summed E-state index contributed by atoms with van der Waals surface area (Å²) >= 11 is 0. The van der Waals surface area contributed by atoms with Crippen LogP contribution in [0.1, 0.15) is 265 Å². The normalized spacial score (nSPS) is 13.7. The Morgan fingerprint density at radius 1 is 0.476 bits per heavy atom. The summed E-state index contributed by atoms with van der Waals surface area (Å²) in [5.41, 5.74) is 0. The maximum absolute atomic E-state index is 13.2. The summed E-state index contributed by atoms with van der Waals surface area (Å²) in [6.07, 6.45) is 62.9. The fourth-order valence-electron chi connectivity index (χ4n) is 8.17. The molecule has 3 unspecified atom stereocenters. The summed E-state index contributed by atoms with van der Waals surface area (Å²) < 4.78 is 5.90. The van der Waals surface area contributed by atoms with Crippen LogP contribution in [0.4, 0.5) is 0 Å². The van der Waals surface area contributed by atoms with E-state index in [9.17, 15) is 19.8 Å². The molecule has 0 radical (unpaired) electrons. The van der Waals surface area contributed by atoms with Gasteiger partial charge >= 0.3 is 5.97 Å². The van der Waals surface area contributed by atoms with Crippen LogP contribution < -0.4 is 5.32 Å². The van der Waals surface area contributed by atoms with Gasteiger partial charge in [-0.3, -0.25) is 9.59 Å². The highest BCUT2D eigenvalue weighted by atomic mass is 16.5. The largest absolute Gasteiger partial charge is 0.462 e. The number of allylic oxidation sites excluding steroid dienone is 10. The van der Waals surface area contributed by atoms with Crippen LogP contribution in [-0.2, 0) is 14.3 Å². The van der Waals surface area contributed by atoms with E-state index in [0.29, 0.717) is 25.7 Å². The van der Waals surface area contributed by atoms with Gasteiger partial charge < -0.3 is 20.3 Å². The van der Waals surface area contributed by atoms with Gasteiger partial charge in [0.25, 0.3) is 0 Å². The highest BCUT2D eigenvalue weighted by Crippen LogP contribution is 2.18. The Bertz CT molecular complexity index is 1130. The number of amides is 1. The van der Waals surface area contributed by atoms with Crippen molar-refractivity contribution in [2.75, 3.05) is 6.61 Å². The first-order valence-corrected chi connectivity index (χ1v) is 27.1. The topological polar surface area (TPSA) is 95.9 Å². The lowest BCUT2D eigenvalue weighted by Gasteiger charge is -2.24. The van der Waals surface area contributed by atoms with Crippen LogP contribution in [0.2, 0.25) is 0 Å². The van der Waals surface area contributed by atoms with E-state index >= 15 is 0 Å². The van der Waals surface area contributed by atoms with Crippen LogP contribution in [0.3, 0.4) is 0 Å². The molecule has 3 atom stereocenters. The number of nitrogens with one attached hydrogen (secondary N) is 1. The van der Waals surface area contributed by atoms with E-state index in [1.165, 1.54) is 161 Å². The second kappa shape index (κ2) is 50.6. The number of hydrogen-bond donors (Lipinski definition) is 3. The summed E-state index contributed by atoms with van der Waals surface area (Å²) in [7, 11) is 0. The minimum atomic E-state index is -0.800. The summed E-state index contributed by atoms with van der Waals surface area (Å²) in [4.78, 5) is 26.1. The molecule has 0 aliphatic rings. The Labute approximate surface area is 390 Å². The molecule has 0 aliphatic carbocycles. The Hall–Kier alpha value is -2.44. The molecule has 6 heteroatoms. The van der Waals surface area contributed by atoms with Gasteiger partial charge in [0, 0.05) is 6.42 Å². The molecule has 0 aromatic rings. The smallest absolute Gasteiger partial charge is 0.306 e. The number of hydrogen-bond acceptors (Lipinski definition) is 5. The molecule has 0 spiro atoms. The van der Waals surface area contributed by atoms with E-state index in [4.69, 9.17) is 4.74 Å². The van der Waals surface area contributed by atoms with E-state index in [-0.39, 0.29) is 24.9 Å². The molecule has 6 nitrogen and oxygen atoms in total. The summed E-state index contributed by atoms with van der Waals surface area (Å²) in [5.74, 6) is -0.553. The Morgan fingerprint density at radius 2 is 0.841 bits per heavy atom. The van der Waals surface area contributed by atoms with Crippen molar-refractivity contribution in [2.45, 2.75) is 283 Å². The highest BCUT2D eigenvalue weighted by molar-refractivity contribution is 5.77. The first-order chi connectivity index (χ1) is 31.0. The third-order valence-corrected chi connectivity index (χ3v) is 12.2. The van der Waals surface area contributed by atoms with Gasteiger partial charge in [0.2, 0.25) is 5.91 Å². The Balaban J connectivity index is 4.61. The SMILES string of the molecule is CC/C=C/C=C/C=C\C=C/C=C/CCCC(=O)OC(CCCCCCCCCCCCCCCCC)CC(=O)NC(CO)C(O)CCCCCCCCCCCCCCCCCC. The second-order valence-electron chi connectivity index (χ2n) is 18.4. The average molecular weight is 882 g/mol. The molecule has 0 rings (SSSR count). The molecular weight excluding hydrogens is 779 g/mol. The molecule has 0 aromatic carbocycles. The van der Waals surface area contributed by atoms with Crippen LogP contribution in [0.5, 0.6) is 0 Å². The van der Waals surface area contributed by atoms with E-state index < -0.39 is 18.2 Å². The van der Waals surface area contributed by atoms with E-state index in [1.807, 2.05) is 48.6 Å². The number of carbonyl (C=O) groups is 2. The van der Waals surface area contributed by atoms with Gasteiger partial charge in [0.15, 0.2) is 0 Å². The predicted octanol–water partition coefficient (Wildman–Crippen LogP) is 16.4. The zero-order chi connectivity index (χ0) is 45.9. The molecule has 0 fully saturated rings. The molecule has 0 saturated carbocycles. The van der Waals surface area contributed by atoms with E-state index in [0.717, 1.165) is 51.4 Å². The molecule has 63 heavy (non-hydrogen) atoms. The number of ether oxygens (including phenoxy) is 1. The Kier molecular flexibility index (Phi) is 48.6. The van der Waals surface area contributed by atoms with Crippen LogP contribution in [-0.4, -0.2) is 46.9 Å². The van der Waals surface area contributed by atoms with Gasteiger partial charge in [-0.15, -0.1) is 0 Å². The lowest BCUT2D eigenvalue weighted by Crippen LogP contribution is -2.46. The van der Waals surface area contributed by atoms with E-state index in [1.54, 1.807) is 0 Å². The second-order valence-corrected chi connectivity index (χ2v) is 18.4. The molecule has 0 saturated heterocycles. The molecule has 366 valence electrons. The predicted molar refractivity (Wildman–Crippen MR) is 273 cm³/mol. The zero-order valence-corrected chi connectivity index (χ0v) is 41.7. The molecule has 3 N–H and O–H groups in total. The van der Waals surface area contributed by atoms with Gasteiger partial charge in [-0.25, -0.2) is 0 Å². The first-order valence-electron chi connectivity index (χ1n) is 27.1. The maximum Gasteiger partial charge on any atom is 0.306 e. The van der Waals surface area contributed by atoms with Crippen molar-refractivity contribution in [1.29, 1.82) is 0 Å². The third-order valence-electron chi connectivity index (χ3n) is 12.2. The minimum absolute atomic E-state index is 0.0505. The van der Waals surface area contributed by atoms with Crippen LogP contribution >= 0.6 is 0 Å². The number of esters is 1. The van der Waals surface area contributed by atoms with Gasteiger partial charge in [-0.05, 0) is 38.5 Å². The summed E-state index contributed by atoms with van der Waals surface area (Å²) in [6, 6.07) is -0.716. The Morgan fingerprint density at radius 3 is 1.24 bits per heavy atom. The molecule has 0 aliphatic heterocycles. The highest BCUT2D eigenvalue weighted by Gasteiger charge is 2.24. The minimum Gasteiger partial charge on any atom is -0.462 e. The third kappa shape index (κ3) is 45.9. The van der Waals surface area contributed by atoms with Crippen molar-refractivity contribution < 1.29 is 24.5 Å². The van der Waals surface area contributed by atoms with Crippen molar-refractivity contribution in [3.05, 3.63) is 60.8 Å². The maximum atomic E-state index is 13.2. The van der Waals surface area contributed by atoms with Crippen molar-refractivity contribution in [3.8, 4) is 0 Å². The number of carbonyl (C=O) groups excluding carboxylic acids is 2. The quantitative estimate of drug-likeness (QED) is 0.0321. The van der Waals surface area contributed by atoms with Crippen molar-refractivity contribution >= 4 is 11.9 Å². The molecule has 0 aromatic heterocycles. The lowest BCUT2D eigenvalue weighted by molar-refractivity contribution is -0.151. The van der Waals surface area contributed by atoms with Crippen molar-refractivity contribution in [2.24, 2.45) is 0 Å². The fourth-order valence-corrected chi connectivity index (χ4v) is 8.17. The average Bonchev–Trinajstić information content (AvgIpc) is 3.28. The van der Waals surface area contributed by atoms with Crippen molar-refractivity contribution in [1.82, 2.24) is 5.32 Å². The first kappa shape index (κ1) is 60.6. The molecule has 1 amide bonds. The van der Waals surface area contributed by atoms with Crippen LogP contribution in [0, 0.1) is 0 Å². The van der Waals surface area contributed by atoms with Crippen LogP contribution in [0.15, 0.2) is 60.8 Å². The number of unbranched alkanes of at least 4 members (excludes halogenated alkanes) is 30. The summed E-state index contributed by atoms with van der Waals surface area (Å²) in [6.45, 7) is 6.35. The monoisotopic (exact) mass is 882 g/mol. The number of aliphatic hydroxyl groups is 2. The fraction of sp³-hybridized carbons (Fsp3) is 0.789. The zero-order valence-electron chi connectivity index (χ0n) is 41.7. The van der Waals surface area contributed by atoms with Crippen molar-refractivity contribution in [3.63, 3.8) is 0 Å². The van der Waals surface area contributed by atoms with Gasteiger partial charge in [0.05, 0.1) is 25.2 Å². The molecule has 0 heterocycles. The summed E-state index contributed by atoms with van der Waals surface area (Å²) in [5, 5.41) is 23.8. The molecular formula is C57H103NO5. The lowest BCUT2D eigenvalue weighted by atomic mass is 10.0. The number of aliphatic hydroxyl groups excluding tert-OH is 2. The number of rotatable bonds is 48. The standard InChI is InChI=1S/C57H103NO5/c1-4-7-10-13-16-19-22-25-27-29-32-34-37-40-43-46-49-55(60)54(52-59)58-56(61)51-53(48-45-42-39-36-33-31-28-26-23-20-17-14-11-8-5-2)63-57(62)50-47-44-41-38-35-30-24-21-18-15-12-9-6-3/h9,12,15,18,21,24,30,35,38,41,53-55,59-60H,4-8,10-11,13-14,16-17,19-20,22-23,25-29,31-34,36-37,39-40,42-52H2,1-3H3,(H,58,61)/b12-9+,18-15+,24-21-,35-30-,41-38+. The van der Waals surface area contributed by atoms with E-state index in [2.05, 4.69) is 38.2 Å². The van der Waals surface area contributed by atoms with Gasteiger partial charge in [0.1, 0.15) is 6.10 Å². The van der Waals surface area contributed by atoms with Gasteiger partial charge in [-0.1, -0.05) is 274 Å². The molecule has 0 bridgehead atoms.